The number of rotatable bonds is 14. The van der Waals surface area contributed by atoms with Crippen LogP contribution in [0.4, 0.5) is 5.95 Å². The van der Waals surface area contributed by atoms with E-state index in [0.717, 1.165) is 16.7 Å². The Bertz CT molecular complexity index is 1940. The third-order valence-electron chi connectivity index (χ3n) is 8.67. The lowest BCUT2D eigenvalue weighted by molar-refractivity contribution is -0.0902. The minimum absolute atomic E-state index is 0.0250. The molecule has 14 heteroatoms. The Balaban J connectivity index is 1.40. The van der Waals surface area contributed by atoms with Crippen molar-refractivity contribution < 1.29 is 32.9 Å². The standard InChI is InChI=1S/C36H38IN4O8P/c1-22(2)19-38-35-39-33-32(34(42)40-35)28(37)20-41(33)31-18-29(49-50(43)44)30(48-31)21-47-36(23-8-6-5-7-9-23,24-10-14-26(45-3)15-11-24)25-12-16-27(46-4)17-13-25/h5-17,20,22,29-31H,18-19,21H2,1-4H3,(H2-,38,39,40,42,43,44)/p+1/t29-,30+,31+/m0/s1. The number of aromatic nitrogens is 3. The molecule has 0 radical (unpaired) electrons. The van der Waals surface area contributed by atoms with Crippen molar-refractivity contribution in [2.75, 3.05) is 32.7 Å². The maximum Gasteiger partial charge on any atom is 0.695 e. The number of hydrogen-bond acceptors (Lipinski definition) is 9. The van der Waals surface area contributed by atoms with Crippen molar-refractivity contribution in [1.82, 2.24) is 14.5 Å². The Hall–Kier alpha value is -3.85. The van der Waals surface area contributed by atoms with Crippen LogP contribution in [0.2, 0.25) is 0 Å². The van der Waals surface area contributed by atoms with Crippen LogP contribution in [0.5, 0.6) is 11.5 Å². The number of fused-ring (bicyclic) bond motifs is 1. The van der Waals surface area contributed by atoms with Crippen LogP contribution in [0.25, 0.3) is 11.0 Å². The van der Waals surface area contributed by atoms with Crippen molar-refractivity contribution in [1.29, 1.82) is 0 Å². The summed E-state index contributed by atoms with van der Waals surface area (Å²) in [6.45, 7) is 4.72. The van der Waals surface area contributed by atoms with E-state index in [4.69, 9.17) is 28.5 Å². The van der Waals surface area contributed by atoms with E-state index in [1.807, 2.05) is 78.9 Å². The van der Waals surface area contributed by atoms with E-state index in [1.165, 1.54) is 0 Å². The van der Waals surface area contributed by atoms with Crippen LogP contribution >= 0.6 is 30.8 Å². The van der Waals surface area contributed by atoms with Crippen molar-refractivity contribution in [2.24, 2.45) is 5.92 Å². The van der Waals surface area contributed by atoms with Gasteiger partial charge < -0.3 is 28.8 Å². The third kappa shape index (κ3) is 7.43. The lowest BCUT2D eigenvalue weighted by Crippen LogP contribution is -2.38. The predicted octanol–water partition coefficient (Wildman–Crippen LogP) is 6.75. The van der Waals surface area contributed by atoms with Gasteiger partial charge in [0.15, 0.2) is 5.65 Å². The van der Waals surface area contributed by atoms with E-state index in [0.29, 0.717) is 44.5 Å². The molecule has 262 valence electrons. The summed E-state index contributed by atoms with van der Waals surface area (Å²) >= 11 is 2.10. The molecule has 50 heavy (non-hydrogen) atoms. The summed E-state index contributed by atoms with van der Waals surface area (Å²) in [5.41, 5.74) is 1.51. The zero-order valence-corrected chi connectivity index (χ0v) is 31.1. The Labute approximate surface area is 304 Å². The first kappa shape index (κ1) is 36.0. The summed E-state index contributed by atoms with van der Waals surface area (Å²) in [5, 5.41) is 3.62. The molecule has 0 amide bonds. The van der Waals surface area contributed by atoms with E-state index >= 15 is 0 Å². The van der Waals surface area contributed by atoms with Crippen LogP contribution in [0, 0.1) is 9.49 Å². The molecule has 0 bridgehead atoms. The molecule has 4 atom stereocenters. The van der Waals surface area contributed by atoms with Gasteiger partial charge >= 0.3 is 8.25 Å². The topological polar surface area (TPSA) is 146 Å². The van der Waals surface area contributed by atoms with Crippen LogP contribution < -0.4 is 20.3 Å². The second-order valence-corrected chi connectivity index (χ2v) is 14.2. The average Bonchev–Trinajstić information content (AvgIpc) is 3.68. The molecule has 3 aromatic carbocycles. The van der Waals surface area contributed by atoms with Crippen molar-refractivity contribution in [3.8, 4) is 11.5 Å². The molecule has 12 nitrogen and oxygen atoms in total. The molecule has 1 saturated heterocycles. The van der Waals surface area contributed by atoms with Gasteiger partial charge in [0.25, 0.3) is 5.56 Å². The van der Waals surface area contributed by atoms with E-state index in [-0.39, 0.29) is 18.6 Å². The van der Waals surface area contributed by atoms with Gasteiger partial charge in [0.05, 0.1) is 26.2 Å². The highest BCUT2D eigenvalue weighted by atomic mass is 127. The number of aromatic amines is 1. The van der Waals surface area contributed by atoms with Crippen LogP contribution in [0.1, 0.15) is 43.2 Å². The van der Waals surface area contributed by atoms with Crippen LogP contribution in [-0.2, 0) is 24.2 Å². The smallest absolute Gasteiger partial charge is 0.497 e. The second-order valence-electron chi connectivity index (χ2n) is 12.3. The predicted molar refractivity (Wildman–Crippen MR) is 198 cm³/mol. The lowest BCUT2D eigenvalue weighted by atomic mass is 9.80. The van der Waals surface area contributed by atoms with Gasteiger partial charge in [-0.05, 0) is 69.5 Å². The van der Waals surface area contributed by atoms with Crippen molar-refractivity contribution in [3.63, 3.8) is 0 Å². The summed E-state index contributed by atoms with van der Waals surface area (Å²) in [4.78, 5) is 30.6. The first-order valence-corrected chi connectivity index (χ1v) is 18.3. The van der Waals surface area contributed by atoms with Crippen molar-refractivity contribution in [2.45, 2.75) is 44.3 Å². The molecule has 3 heterocycles. The first-order chi connectivity index (χ1) is 24.1. The van der Waals surface area contributed by atoms with Crippen molar-refractivity contribution in [3.05, 3.63) is 116 Å². The number of nitrogens with one attached hydrogen (secondary N) is 2. The highest BCUT2D eigenvalue weighted by Gasteiger charge is 2.46. The fourth-order valence-corrected chi connectivity index (χ4v) is 7.48. The maximum atomic E-state index is 13.1. The van der Waals surface area contributed by atoms with E-state index < -0.39 is 32.3 Å². The van der Waals surface area contributed by atoms with Crippen molar-refractivity contribution >= 4 is 47.8 Å². The molecule has 6 rings (SSSR count). The van der Waals surface area contributed by atoms with E-state index in [9.17, 15) is 14.3 Å². The Morgan fingerprint density at radius 1 is 1.02 bits per heavy atom. The molecule has 0 spiro atoms. The van der Waals surface area contributed by atoms with Crippen LogP contribution in [-0.4, -0.2) is 59.0 Å². The number of methoxy groups -OCH3 is 2. The van der Waals surface area contributed by atoms with Crippen LogP contribution in [0.3, 0.4) is 0 Å². The van der Waals surface area contributed by atoms with E-state index in [1.54, 1.807) is 25.0 Å². The lowest BCUT2D eigenvalue weighted by Gasteiger charge is -2.37. The molecule has 5 aromatic rings. The quantitative estimate of drug-likeness (QED) is 0.0626. The van der Waals surface area contributed by atoms with Gasteiger partial charge in [-0.2, -0.15) is 4.98 Å². The minimum atomic E-state index is -2.96. The SMILES string of the molecule is COc1ccc(C(OC[C@H]2O[C@@H](n3cc(I)c4c(=O)[nH]c(NCC(C)C)nc43)C[C@@H]2O[P+](=O)O)(c2ccccc2)c2ccc(OC)cc2)cc1. The molecular weight excluding hydrogens is 774 g/mol. The number of hydrogen-bond donors (Lipinski definition) is 3. The van der Waals surface area contributed by atoms with Gasteiger partial charge in [0, 0.05) is 27.3 Å². The van der Waals surface area contributed by atoms with Gasteiger partial charge in [0.2, 0.25) is 5.95 Å². The number of halogens is 1. The average molecular weight is 814 g/mol. The molecule has 3 N–H and O–H groups in total. The number of ether oxygens (including phenoxy) is 4. The summed E-state index contributed by atoms with van der Waals surface area (Å²) in [7, 11) is 0.265. The molecule has 1 unspecified atom stereocenters. The largest absolute Gasteiger partial charge is 0.695 e. The summed E-state index contributed by atoms with van der Waals surface area (Å²) in [6, 6.07) is 25.1. The normalized spacial score (nSPS) is 18.1. The first-order valence-electron chi connectivity index (χ1n) is 16.1. The number of anilines is 1. The summed E-state index contributed by atoms with van der Waals surface area (Å²) in [6.07, 6.45) is -0.255. The Morgan fingerprint density at radius 3 is 2.18 bits per heavy atom. The highest BCUT2D eigenvalue weighted by Crippen LogP contribution is 2.44. The van der Waals surface area contributed by atoms with Gasteiger partial charge in [-0.1, -0.05) is 68.4 Å². The van der Waals surface area contributed by atoms with Gasteiger partial charge in [0.1, 0.15) is 35.5 Å². The summed E-state index contributed by atoms with van der Waals surface area (Å²) in [5.74, 6) is 2.06. The number of benzene rings is 3. The third-order valence-corrected chi connectivity index (χ3v) is 9.94. The molecule has 0 aliphatic carbocycles. The Morgan fingerprint density at radius 2 is 1.62 bits per heavy atom. The van der Waals surface area contributed by atoms with Gasteiger partial charge in [-0.3, -0.25) is 9.78 Å². The van der Waals surface area contributed by atoms with E-state index in [2.05, 4.69) is 46.7 Å². The molecular formula is C36H39IN4O8P+. The summed E-state index contributed by atoms with van der Waals surface area (Å²) < 4.78 is 44.7. The van der Waals surface area contributed by atoms with Gasteiger partial charge in [-0.25, -0.2) is 0 Å². The van der Waals surface area contributed by atoms with Gasteiger partial charge in [-0.15, -0.1) is 9.42 Å². The fourth-order valence-electron chi connectivity index (χ4n) is 6.24. The maximum absolute atomic E-state index is 13.1. The molecule has 0 saturated carbocycles. The fraction of sp³-hybridized carbons (Fsp3) is 0.333. The zero-order chi connectivity index (χ0) is 35.4. The molecule has 2 aromatic heterocycles. The number of nitrogens with zero attached hydrogens (tertiary/aromatic N) is 2. The minimum Gasteiger partial charge on any atom is -0.497 e. The second kappa shape index (κ2) is 15.6. The molecule has 1 aliphatic rings. The number of H-pyrrole nitrogens is 1. The molecule has 1 fully saturated rings. The van der Waals surface area contributed by atoms with Crippen LogP contribution in [0.15, 0.2) is 89.9 Å². The molecule has 1 aliphatic heterocycles. The zero-order valence-electron chi connectivity index (χ0n) is 28.0. The monoisotopic (exact) mass is 813 g/mol. The Kier molecular flexibility index (Phi) is 11.2. The highest BCUT2D eigenvalue weighted by molar-refractivity contribution is 14.1.